The quantitative estimate of drug-likeness (QED) is 0.475. The van der Waals surface area contributed by atoms with Crippen molar-refractivity contribution in [1.29, 1.82) is 0 Å². The number of hydrogen-bond acceptors (Lipinski definition) is 3. The zero-order valence-corrected chi connectivity index (χ0v) is 16.7. The van der Waals surface area contributed by atoms with Gasteiger partial charge in [0.25, 0.3) is 0 Å². The average molecular weight is 408 g/mol. The smallest absolute Gasteiger partial charge is 0.411 e. The van der Waals surface area contributed by atoms with Crippen LogP contribution in [0.3, 0.4) is 0 Å². The van der Waals surface area contributed by atoms with Gasteiger partial charge in [-0.3, -0.25) is 10.1 Å². The average Bonchev–Trinajstić information content (AvgIpc) is 3.12. The number of nitrogens with one attached hydrogen (secondary N) is 2. The molecule has 152 valence electrons. The van der Waals surface area contributed by atoms with Crippen molar-refractivity contribution in [3.8, 4) is 22.3 Å². The Kier molecular flexibility index (Phi) is 4.84. The van der Waals surface area contributed by atoms with Crippen LogP contribution in [0.4, 0.5) is 10.5 Å². The fourth-order valence-corrected chi connectivity index (χ4v) is 4.12. The lowest BCUT2D eigenvalue weighted by molar-refractivity contribution is 0.158. The molecular weight excluding hydrogens is 388 g/mol. The van der Waals surface area contributed by atoms with Gasteiger partial charge in [-0.15, -0.1) is 0 Å². The monoisotopic (exact) mass is 408 g/mol. The van der Waals surface area contributed by atoms with Crippen LogP contribution < -0.4 is 10.9 Å². The number of anilines is 1. The van der Waals surface area contributed by atoms with Crippen LogP contribution in [0.2, 0.25) is 0 Å². The van der Waals surface area contributed by atoms with E-state index in [1.165, 1.54) is 28.3 Å². The van der Waals surface area contributed by atoms with Gasteiger partial charge in [0.15, 0.2) is 0 Å². The van der Waals surface area contributed by atoms with Gasteiger partial charge in [0.2, 0.25) is 5.56 Å². The first-order valence-corrected chi connectivity index (χ1v) is 10.1. The first-order chi connectivity index (χ1) is 15.2. The molecule has 0 unspecified atom stereocenters. The minimum absolute atomic E-state index is 0.0191. The van der Waals surface area contributed by atoms with E-state index in [1.807, 2.05) is 42.5 Å². The normalized spacial score (nSPS) is 12.1. The Hall–Kier alpha value is -4.12. The highest BCUT2D eigenvalue weighted by atomic mass is 16.5. The number of pyridine rings is 1. The van der Waals surface area contributed by atoms with Gasteiger partial charge < -0.3 is 9.72 Å². The lowest BCUT2D eigenvalue weighted by atomic mass is 9.98. The molecule has 0 fully saturated rings. The van der Waals surface area contributed by atoms with Gasteiger partial charge in [0.05, 0.1) is 0 Å². The molecule has 3 aromatic carbocycles. The molecule has 0 spiro atoms. The molecular formula is C26H20N2O3. The van der Waals surface area contributed by atoms with E-state index in [2.05, 4.69) is 34.6 Å². The summed E-state index contributed by atoms with van der Waals surface area (Å²) in [6.45, 7) is 0.263. The predicted molar refractivity (Wildman–Crippen MR) is 121 cm³/mol. The summed E-state index contributed by atoms with van der Waals surface area (Å²) in [5.74, 6) is 0.0191. The van der Waals surface area contributed by atoms with E-state index >= 15 is 0 Å². The van der Waals surface area contributed by atoms with Gasteiger partial charge in [0.1, 0.15) is 6.61 Å². The first-order valence-electron chi connectivity index (χ1n) is 10.1. The Morgan fingerprint density at radius 1 is 0.839 bits per heavy atom. The Balaban J connectivity index is 1.29. The molecule has 1 heterocycles. The van der Waals surface area contributed by atoms with Crippen molar-refractivity contribution in [2.45, 2.75) is 5.92 Å². The number of benzene rings is 3. The van der Waals surface area contributed by atoms with E-state index in [0.29, 0.717) is 5.69 Å². The minimum atomic E-state index is -0.500. The van der Waals surface area contributed by atoms with Gasteiger partial charge >= 0.3 is 6.09 Å². The Labute approximate surface area is 179 Å². The first kappa shape index (κ1) is 18.9. The van der Waals surface area contributed by atoms with E-state index in [0.717, 1.165) is 11.1 Å². The molecule has 1 amide bonds. The summed E-state index contributed by atoms with van der Waals surface area (Å²) in [6.07, 6.45) is 1.15. The lowest BCUT2D eigenvalue weighted by Crippen LogP contribution is -2.17. The highest BCUT2D eigenvalue weighted by Gasteiger charge is 2.28. The fraction of sp³-hybridized carbons (Fsp3) is 0.0769. The third-order valence-electron chi connectivity index (χ3n) is 5.57. The number of carbonyl (C=O) groups excluding carboxylic acids is 1. The number of aromatic nitrogens is 1. The number of H-pyrrole nitrogens is 1. The molecule has 0 saturated carbocycles. The molecule has 2 N–H and O–H groups in total. The van der Waals surface area contributed by atoms with Crippen LogP contribution in [0.15, 0.2) is 95.9 Å². The van der Waals surface area contributed by atoms with Crippen molar-refractivity contribution >= 4 is 11.8 Å². The van der Waals surface area contributed by atoms with Crippen molar-refractivity contribution in [3.63, 3.8) is 0 Å². The van der Waals surface area contributed by atoms with Crippen LogP contribution in [0.25, 0.3) is 22.3 Å². The summed E-state index contributed by atoms with van der Waals surface area (Å²) < 4.78 is 5.61. The number of fused-ring (bicyclic) bond motifs is 3. The molecule has 1 aliphatic rings. The molecule has 4 aromatic rings. The Morgan fingerprint density at radius 2 is 1.55 bits per heavy atom. The molecule has 0 saturated heterocycles. The van der Waals surface area contributed by atoms with Crippen LogP contribution >= 0.6 is 0 Å². The zero-order valence-electron chi connectivity index (χ0n) is 16.7. The minimum Gasteiger partial charge on any atom is -0.448 e. The van der Waals surface area contributed by atoms with E-state index in [9.17, 15) is 9.59 Å². The van der Waals surface area contributed by atoms with Crippen LogP contribution in [0.1, 0.15) is 17.0 Å². The fourth-order valence-electron chi connectivity index (χ4n) is 4.12. The van der Waals surface area contributed by atoms with E-state index in [4.69, 9.17) is 4.74 Å². The van der Waals surface area contributed by atoms with Crippen molar-refractivity contribution in [2.75, 3.05) is 11.9 Å². The molecule has 1 aromatic heterocycles. The number of carbonyl (C=O) groups is 1. The van der Waals surface area contributed by atoms with Crippen molar-refractivity contribution in [1.82, 2.24) is 4.98 Å². The number of ether oxygens (including phenoxy) is 1. The Morgan fingerprint density at radius 3 is 2.23 bits per heavy atom. The van der Waals surface area contributed by atoms with Gasteiger partial charge in [-0.05, 0) is 51.6 Å². The van der Waals surface area contributed by atoms with Gasteiger partial charge in [-0.1, -0.05) is 60.7 Å². The van der Waals surface area contributed by atoms with Crippen molar-refractivity contribution in [2.24, 2.45) is 0 Å². The topological polar surface area (TPSA) is 71.2 Å². The third-order valence-corrected chi connectivity index (χ3v) is 5.57. The van der Waals surface area contributed by atoms with Gasteiger partial charge in [0, 0.05) is 23.9 Å². The second-order valence-corrected chi connectivity index (χ2v) is 7.47. The van der Waals surface area contributed by atoms with Crippen LogP contribution in [-0.2, 0) is 4.74 Å². The maximum atomic E-state index is 12.5. The highest BCUT2D eigenvalue weighted by Crippen LogP contribution is 2.44. The summed E-state index contributed by atoms with van der Waals surface area (Å²) in [6, 6.07) is 27.1. The zero-order chi connectivity index (χ0) is 21.2. The van der Waals surface area contributed by atoms with E-state index in [-0.39, 0.29) is 18.1 Å². The summed E-state index contributed by atoms with van der Waals surface area (Å²) in [5, 5.41) is 2.80. The molecule has 1 aliphatic carbocycles. The van der Waals surface area contributed by atoms with Gasteiger partial charge in [-0.2, -0.15) is 0 Å². The second kappa shape index (κ2) is 7.95. The number of rotatable bonds is 4. The maximum Gasteiger partial charge on any atom is 0.411 e. The van der Waals surface area contributed by atoms with Crippen LogP contribution in [0, 0.1) is 0 Å². The summed E-state index contributed by atoms with van der Waals surface area (Å²) in [5.41, 5.74) is 6.95. The van der Waals surface area contributed by atoms with Crippen LogP contribution in [0.5, 0.6) is 0 Å². The van der Waals surface area contributed by atoms with Crippen molar-refractivity contribution < 1.29 is 9.53 Å². The predicted octanol–water partition coefficient (Wildman–Crippen LogP) is 5.40. The largest absolute Gasteiger partial charge is 0.448 e. The van der Waals surface area contributed by atoms with Crippen molar-refractivity contribution in [3.05, 3.63) is 113 Å². The molecule has 0 atom stereocenters. The summed E-state index contributed by atoms with van der Waals surface area (Å²) >= 11 is 0. The number of aromatic amines is 1. The summed E-state index contributed by atoms with van der Waals surface area (Å²) in [7, 11) is 0. The lowest BCUT2D eigenvalue weighted by Gasteiger charge is -2.15. The highest BCUT2D eigenvalue weighted by molar-refractivity contribution is 5.86. The molecule has 31 heavy (non-hydrogen) atoms. The molecule has 0 radical (unpaired) electrons. The third kappa shape index (κ3) is 3.73. The van der Waals surface area contributed by atoms with Gasteiger partial charge in [-0.25, -0.2) is 4.79 Å². The summed E-state index contributed by atoms with van der Waals surface area (Å²) in [4.78, 5) is 26.4. The Bertz CT molecular complexity index is 1260. The van der Waals surface area contributed by atoms with E-state index < -0.39 is 6.09 Å². The number of amides is 1. The molecule has 0 bridgehead atoms. The molecule has 5 heteroatoms. The molecule has 5 rings (SSSR count). The number of hydrogen-bond donors (Lipinski definition) is 2. The SMILES string of the molecule is O=C(Nc1cccc(-c2ccc(=O)[nH]c2)c1)OCC1c2ccccc2-c2ccccc21. The van der Waals surface area contributed by atoms with Crippen LogP contribution in [-0.4, -0.2) is 17.7 Å². The second-order valence-electron chi connectivity index (χ2n) is 7.47. The molecule has 0 aliphatic heterocycles. The molecule has 5 nitrogen and oxygen atoms in total. The maximum absolute atomic E-state index is 12.5. The van der Waals surface area contributed by atoms with E-state index in [1.54, 1.807) is 18.3 Å². The standard InChI is InChI=1S/C26H20N2O3/c29-25-13-12-18(15-27-25)17-6-5-7-19(14-17)28-26(30)31-16-24-22-10-3-1-8-20(22)21-9-2-4-11-23(21)24/h1-15,24H,16H2,(H,27,29)(H,28,30).